The van der Waals surface area contributed by atoms with Crippen LogP contribution in [0.3, 0.4) is 0 Å². The number of carbonyl (C=O) groups is 1. The molecule has 20 heavy (non-hydrogen) atoms. The fourth-order valence-electron chi connectivity index (χ4n) is 3.81. The average Bonchev–Trinajstić information content (AvgIpc) is 2.38. The first-order valence-electron chi connectivity index (χ1n) is 8.17. The van der Waals surface area contributed by atoms with Gasteiger partial charge in [-0.3, -0.25) is 9.69 Å². The Morgan fingerprint density at radius 3 is 2.20 bits per heavy atom. The van der Waals surface area contributed by atoms with Crippen LogP contribution in [0.5, 0.6) is 0 Å². The van der Waals surface area contributed by atoms with E-state index in [1.807, 2.05) is 0 Å². The molecular weight excluding hydrogens is 250 g/mol. The van der Waals surface area contributed by atoms with Crippen LogP contribution in [0.4, 0.5) is 0 Å². The lowest BCUT2D eigenvalue weighted by Crippen LogP contribution is -2.50. The monoisotopic (exact) mass is 283 g/mol. The summed E-state index contributed by atoms with van der Waals surface area (Å²) in [4.78, 5) is 14.0. The third-order valence-corrected chi connectivity index (χ3v) is 5.40. The Bertz CT molecular complexity index is 317. The molecule has 118 valence electrons. The highest BCUT2D eigenvalue weighted by atomic mass is 16.4. The second-order valence-electron chi connectivity index (χ2n) is 7.52. The quantitative estimate of drug-likeness (QED) is 0.828. The van der Waals surface area contributed by atoms with Crippen molar-refractivity contribution in [1.82, 2.24) is 4.90 Å². The topological polar surface area (TPSA) is 40.5 Å². The Kier molecular flexibility index (Phi) is 6.06. The van der Waals surface area contributed by atoms with E-state index in [9.17, 15) is 9.90 Å². The van der Waals surface area contributed by atoms with Crippen molar-refractivity contribution in [3.63, 3.8) is 0 Å². The van der Waals surface area contributed by atoms with Gasteiger partial charge in [0.15, 0.2) is 0 Å². The molecule has 1 aliphatic carbocycles. The first-order chi connectivity index (χ1) is 9.22. The molecule has 0 aromatic carbocycles. The average molecular weight is 283 g/mol. The number of hydrogen-bond acceptors (Lipinski definition) is 2. The predicted molar refractivity (Wildman–Crippen MR) is 83.8 cm³/mol. The molecule has 0 amide bonds. The maximum atomic E-state index is 11.6. The van der Waals surface area contributed by atoms with Crippen LogP contribution in [-0.4, -0.2) is 35.1 Å². The van der Waals surface area contributed by atoms with E-state index in [1.54, 1.807) is 0 Å². The summed E-state index contributed by atoms with van der Waals surface area (Å²) in [5, 5.41) is 9.55. The van der Waals surface area contributed by atoms with Gasteiger partial charge < -0.3 is 5.11 Å². The van der Waals surface area contributed by atoms with Gasteiger partial charge >= 0.3 is 5.97 Å². The Morgan fingerprint density at radius 2 is 1.80 bits per heavy atom. The maximum absolute atomic E-state index is 11.6. The van der Waals surface area contributed by atoms with Crippen LogP contribution in [0.25, 0.3) is 0 Å². The lowest BCUT2D eigenvalue weighted by molar-refractivity contribution is -0.147. The summed E-state index contributed by atoms with van der Waals surface area (Å²) in [5.41, 5.74) is 0.274. The van der Waals surface area contributed by atoms with Crippen LogP contribution in [0.1, 0.15) is 66.7 Å². The molecule has 1 saturated carbocycles. The smallest absolute Gasteiger partial charge is 0.308 e. The molecule has 3 heteroatoms. The van der Waals surface area contributed by atoms with Crippen molar-refractivity contribution in [2.45, 2.75) is 78.8 Å². The molecule has 0 aliphatic heterocycles. The minimum Gasteiger partial charge on any atom is -0.481 e. The molecule has 0 aromatic rings. The summed E-state index contributed by atoms with van der Waals surface area (Å²) < 4.78 is 0. The van der Waals surface area contributed by atoms with Gasteiger partial charge in [-0.2, -0.15) is 0 Å². The predicted octanol–water partition coefficient (Wildman–Crippen LogP) is 4.02. The minimum atomic E-state index is -0.611. The van der Waals surface area contributed by atoms with Crippen molar-refractivity contribution in [3.8, 4) is 0 Å². The molecule has 1 fully saturated rings. The van der Waals surface area contributed by atoms with Gasteiger partial charge in [-0.25, -0.2) is 0 Å². The van der Waals surface area contributed by atoms with E-state index < -0.39 is 5.97 Å². The number of rotatable bonds is 5. The molecule has 1 N–H and O–H groups in total. The van der Waals surface area contributed by atoms with Crippen molar-refractivity contribution >= 4 is 5.97 Å². The molecule has 3 nitrogen and oxygen atoms in total. The molecule has 0 heterocycles. The maximum Gasteiger partial charge on any atom is 0.308 e. The second-order valence-corrected chi connectivity index (χ2v) is 7.52. The van der Waals surface area contributed by atoms with Crippen LogP contribution in [0, 0.1) is 17.3 Å². The fraction of sp³-hybridized carbons (Fsp3) is 0.941. The first kappa shape index (κ1) is 17.5. The molecule has 1 rings (SSSR count). The Morgan fingerprint density at radius 1 is 1.25 bits per heavy atom. The highest BCUT2D eigenvalue weighted by Gasteiger charge is 2.41. The van der Waals surface area contributed by atoms with Crippen LogP contribution < -0.4 is 0 Å². The van der Waals surface area contributed by atoms with Gasteiger partial charge in [0.05, 0.1) is 5.92 Å². The third kappa shape index (κ3) is 3.97. The molecule has 0 spiro atoms. The molecule has 0 radical (unpaired) electrons. The van der Waals surface area contributed by atoms with E-state index >= 15 is 0 Å². The Labute approximate surface area is 124 Å². The van der Waals surface area contributed by atoms with Gasteiger partial charge in [-0.1, -0.05) is 34.6 Å². The summed E-state index contributed by atoms with van der Waals surface area (Å²) in [6.07, 6.45) is 5.08. The highest BCUT2D eigenvalue weighted by molar-refractivity contribution is 5.71. The van der Waals surface area contributed by atoms with Crippen LogP contribution in [0.15, 0.2) is 0 Å². The second kappa shape index (κ2) is 6.93. The van der Waals surface area contributed by atoms with E-state index in [0.29, 0.717) is 12.0 Å². The molecule has 0 saturated heterocycles. The molecule has 1 aliphatic rings. The van der Waals surface area contributed by atoms with Gasteiger partial charge in [0, 0.05) is 12.1 Å². The molecular formula is C17H33NO2. The van der Waals surface area contributed by atoms with E-state index in [-0.39, 0.29) is 17.4 Å². The lowest BCUT2D eigenvalue weighted by atomic mass is 9.67. The van der Waals surface area contributed by atoms with Gasteiger partial charge in [0.2, 0.25) is 0 Å². The summed E-state index contributed by atoms with van der Waals surface area (Å²) in [6, 6.07) is 0.691. The largest absolute Gasteiger partial charge is 0.481 e. The summed E-state index contributed by atoms with van der Waals surface area (Å²) in [5.74, 6) is -0.181. The standard InChI is InChI=1S/C17H33NO2/c1-7-13(8-2)18(6)15-11-12(17(3,4)5)9-10-14(15)16(19)20/h12-15H,7-11H2,1-6H3,(H,19,20). The number of carboxylic acid groups (broad SMARTS) is 1. The summed E-state index contributed by atoms with van der Waals surface area (Å²) in [6.45, 7) is 11.3. The number of carboxylic acids is 1. The van der Waals surface area contributed by atoms with E-state index in [1.165, 1.54) is 0 Å². The van der Waals surface area contributed by atoms with Crippen molar-refractivity contribution < 1.29 is 9.90 Å². The third-order valence-electron chi connectivity index (χ3n) is 5.40. The normalized spacial score (nSPS) is 28.1. The molecule has 3 atom stereocenters. The van der Waals surface area contributed by atoms with Gasteiger partial charge in [0.1, 0.15) is 0 Å². The van der Waals surface area contributed by atoms with Crippen LogP contribution in [0.2, 0.25) is 0 Å². The Hall–Kier alpha value is -0.570. The van der Waals surface area contributed by atoms with E-state index in [2.05, 4.69) is 46.6 Å². The number of hydrogen-bond donors (Lipinski definition) is 1. The number of nitrogens with zero attached hydrogens (tertiary/aromatic N) is 1. The van der Waals surface area contributed by atoms with Crippen molar-refractivity contribution in [2.75, 3.05) is 7.05 Å². The van der Waals surface area contributed by atoms with E-state index in [4.69, 9.17) is 0 Å². The summed E-state index contributed by atoms with van der Waals surface area (Å²) >= 11 is 0. The molecule has 0 aromatic heterocycles. The lowest BCUT2D eigenvalue weighted by Gasteiger charge is -2.46. The minimum absolute atomic E-state index is 0.190. The summed E-state index contributed by atoms with van der Waals surface area (Å²) in [7, 11) is 2.13. The van der Waals surface area contributed by atoms with Gasteiger partial charge in [-0.15, -0.1) is 0 Å². The fourth-order valence-corrected chi connectivity index (χ4v) is 3.81. The zero-order valence-corrected chi connectivity index (χ0v) is 14.1. The van der Waals surface area contributed by atoms with Crippen molar-refractivity contribution in [3.05, 3.63) is 0 Å². The van der Waals surface area contributed by atoms with Crippen molar-refractivity contribution in [1.29, 1.82) is 0 Å². The van der Waals surface area contributed by atoms with Gasteiger partial charge in [-0.05, 0) is 50.5 Å². The first-order valence-corrected chi connectivity index (χ1v) is 8.17. The van der Waals surface area contributed by atoms with Crippen LogP contribution >= 0.6 is 0 Å². The van der Waals surface area contributed by atoms with Crippen LogP contribution in [-0.2, 0) is 4.79 Å². The molecule has 0 bridgehead atoms. The SMILES string of the molecule is CCC(CC)N(C)C1CC(C(C)(C)C)CCC1C(=O)O. The number of aliphatic carboxylic acids is 1. The molecule has 3 unspecified atom stereocenters. The van der Waals surface area contributed by atoms with Gasteiger partial charge in [0.25, 0.3) is 0 Å². The zero-order valence-electron chi connectivity index (χ0n) is 14.1. The van der Waals surface area contributed by atoms with E-state index in [0.717, 1.165) is 32.1 Å². The highest BCUT2D eigenvalue weighted by Crippen LogP contribution is 2.42. The van der Waals surface area contributed by atoms with Crippen molar-refractivity contribution in [2.24, 2.45) is 17.3 Å². The Balaban J connectivity index is 2.91. The zero-order chi connectivity index (χ0) is 15.5.